The predicted octanol–water partition coefficient (Wildman–Crippen LogP) is 3.39. The van der Waals surface area contributed by atoms with E-state index >= 15 is 0 Å². The van der Waals surface area contributed by atoms with E-state index in [1.54, 1.807) is 30.2 Å². The summed E-state index contributed by atoms with van der Waals surface area (Å²) in [4.78, 5) is 31.2. The fourth-order valence-electron chi connectivity index (χ4n) is 3.75. The first-order valence-electron chi connectivity index (χ1n) is 9.17. The molecule has 29 heavy (non-hydrogen) atoms. The Bertz CT molecular complexity index is 1090. The van der Waals surface area contributed by atoms with E-state index in [2.05, 4.69) is 0 Å². The maximum absolute atomic E-state index is 12.8. The van der Waals surface area contributed by atoms with Gasteiger partial charge in [0.25, 0.3) is 0 Å². The van der Waals surface area contributed by atoms with Crippen molar-refractivity contribution in [1.82, 2.24) is 9.55 Å². The molecule has 1 amide bonds. The molecule has 7 nitrogen and oxygen atoms in total. The zero-order valence-corrected chi connectivity index (χ0v) is 16.8. The first-order valence-corrected chi connectivity index (χ1v) is 9.55. The first-order chi connectivity index (χ1) is 14.0. The monoisotopic (exact) mass is 413 g/mol. The van der Waals surface area contributed by atoms with Crippen molar-refractivity contribution in [2.75, 3.05) is 25.7 Å². The SMILES string of the molecule is COC(=O)Cn1c(C2CC(=O)N(c3cc(Cl)ccc3OC)C2)nc2ccccc21. The highest BCUT2D eigenvalue weighted by Crippen LogP contribution is 2.38. The number of methoxy groups -OCH3 is 2. The van der Waals surface area contributed by atoms with Crippen molar-refractivity contribution in [3.8, 4) is 5.75 Å². The predicted molar refractivity (Wildman–Crippen MR) is 109 cm³/mol. The summed E-state index contributed by atoms with van der Waals surface area (Å²) in [5.41, 5.74) is 2.24. The van der Waals surface area contributed by atoms with Crippen LogP contribution in [0.4, 0.5) is 5.69 Å². The van der Waals surface area contributed by atoms with E-state index in [1.807, 2.05) is 28.8 Å². The van der Waals surface area contributed by atoms with Gasteiger partial charge in [-0.1, -0.05) is 23.7 Å². The summed E-state index contributed by atoms with van der Waals surface area (Å²) >= 11 is 6.14. The lowest BCUT2D eigenvalue weighted by Gasteiger charge is -2.20. The lowest BCUT2D eigenvalue weighted by Crippen LogP contribution is -2.25. The normalized spacial score (nSPS) is 16.4. The first kappa shape index (κ1) is 19.3. The zero-order valence-electron chi connectivity index (χ0n) is 16.1. The Labute approximate surface area is 172 Å². The van der Waals surface area contributed by atoms with Crippen molar-refractivity contribution < 1.29 is 19.1 Å². The molecule has 0 bridgehead atoms. The lowest BCUT2D eigenvalue weighted by atomic mass is 10.1. The molecule has 1 atom stereocenters. The summed E-state index contributed by atoms with van der Waals surface area (Å²) in [6, 6.07) is 12.8. The number of esters is 1. The zero-order chi connectivity index (χ0) is 20.5. The van der Waals surface area contributed by atoms with Gasteiger partial charge >= 0.3 is 5.97 Å². The molecule has 1 unspecified atom stereocenters. The number of benzene rings is 2. The van der Waals surface area contributed by atoms with Crippen LogP contribution in [0.1, 0.15) is 18.2 Å². The van der Waals surface area contributed by atoms with Gasteiger partial charge in [-0.25, -0.2) is 4.98 Å². The van der Waals surface area contributed by atoms with Crippen LogP contribution in [0, 0.1) is 0 Å². The van der Waals surface area contributed by atoms with Gasteiger partial charge in [0, 0.05) is 23.9 Å². The quantitative estimate of drug-likeness (QED) is 0.599. The van der Waals surface area contributed by atoms with Crippen LogP contribution >= 0.6 is 11.6 Å². The van der Waals surface area contributed by atoms with E-state index in [4.69, 9.17) is 26.1 Å². The molecule has 0 N–H and O–H groups in total. The molecule has 0 spiro atoms. The van der Waals surface area contributed by atoms with Crippen LogP contribution in [0.5, 0.6) is 5.75 Å². The molecule has 0 radical (unpaired) electrons. The highest BCUT2D eigenvalue weighted by Gasteiger charge is 2.36. The number of amides is 1. The molecule has 0 aliphatic carbocycles. The summed E-state index contributed by atoms with van der Waals surface area (Å²) in [5, 5.41) is 0.523. The molecule has 1 saturated heterocycles. The van der Waals surface area contributed by atoms with Crippen LogP contribution in [0.2, 0.25) is 5.02 Å². The summed E-state index contributed by atoms with van der Waals surface area (Å²) in [6.45, 7) is 0.456. The summed E-state index contributed by atoms with van der Waals surface area (Å²) in [7, 11) is 2.91. The van der Waals surface area contributed by atoms with Crippen molar-refractivity contribution in [3.63, 3.8) is 0 Å². The Morgan fingerprint density at radius 2 is 2.03 bits per heavy atom. The Balaban J connectivity index is 1.73. The number of fused-ring (bicyclic) bond motifs is 1. The molecular weight excluding hydrogens is 394 g/mol. The average molecular weight is 414 g/mol. The molecule has 3 aromatic rings. The highest BCUT2D eigenvalue weighted by molar-refractivity contribution is 6.31. The molecule has 1 fully saturated rings. The third-order valence-corrected chi connectivity index (χ3v) is 5.36. The van der Waals surface area contributed by atoms with Gasteiger partial charge in [-0.15, -0.1) is 0 Å². The average Bonchev–Trinajstić information content (AvgIpc) is 3.28. The van der Waals surface area contributed by atoms with Gasteiger partial charge < -0.3 is 18.9 Å². The minimum absolute atomic E-state index is 0.0392. The van der Waals surface area contributed by atoms with Crippen molar-refractivity contribution in [3.05, 3.63) is 53.3 Å². The van der Waals surface area contributed by atoms with Crippen molar-refractivity contribution >= 4 is 40.2 Å². The van der Waals surface area contributed by atoms with Crippen molar-refractivity contribution in [2.24, 2.45) is 0 Å². The number of rotatable bonds is 5. The maximum atomic E-state index is 12.8. The van der Waals surface area contributed by atoms with Gasteiger partial charge in [-0.3, -0.25) is 9.59 Å². The molecule has 8 heteroatoms. The Hall–Kier alpha value is -3.06. The number of imidazole rings is 1. The molecule has 150 valence electrons. The van der Waals surface area contributed by atoms with Crippen LogP contribution in [0.3, 0.4) is 0 Å². The Morgan fingerprint density at radius 1 is 1.24 bits per heavy atom. The minimum Gasteiger partial charge on any atom is -0.495 e. The fourth-order valence-corrected chi connectivity index (χ4v) is 3.92. The number of aromatic nitrogens is 2. The van der Waals surface area contributed by atoms with E-state index in [-0.39, 0.29) is 30.8 Å². The number of hydrogen-bond acceptors (Lipinski definition) is 5. The minimum atomic E-state index is -0.368. The molecule has 4 rings (SSSR count). The number of ether oxygens (including phenoxy) is 2. The smallest absolute Gasteiger partial charge is 0.325 e. The maximum Gasteiger partial charge on any atom is 0.325 e. The molecule has 1 aliphatic rings. The Morgan fingerprint density at radius 3 is 2.79 bits per heavy atom. The third-order valence-electron chi connectivity index (χ3n) is 5.12. The van der Waals surface area contributed by atoms with Crippen LogP contribution in [0.15, 0.2) is 42.5 Å². The van der Waals surface area contributed by atoms with Crippen LogP contribution < -0.4 is 9.64 Å². The largest absolute Gasteiger partial charge is 0.495 e. The number of halogens is 1. The van der Waals surface area contributed by atoms with E-state index in [9.17, 15) is 9.59 Å². The van der Waals surface area contributed by atoms with Crippen LogP contribution in [-0.2, 0) is 20.9 Å². The molecular formula is C21H20ClN3O4. The lowest BCUT2D eigenvalue weighted by molar-refractivity contribution is -0.141. The number of carbonyl (C=O) groups excluding carboxylic acids is 2. The molecule has 1 aromatic heterocycles. The van der Waals surface area contributed by atoms with Crippen LogP contribution in [-0.4, -0.2) is 42.2 Å². The standard InChI is InChI=1S/C21H20ClN3O4/c1-28-18-8-7-14(22)10-17(18)24-11-13(9-19(24)26)21-23-15-5-3-4-6-16(15)25(21)12-20(27)29-2/h3-8,10,13H,9,11-12H2,1-2H3. The Kier molecular flexibility index (Phi) is 5.15. The van der Waals surface area contributed by atoms with Crippen molar-refractivity contribution in [2.45, 2.75) is 18.9 Å². The summed E-state index contributed by atoms with van der Waals surface area (Å²) in [6.07, 6.45) is 0.278. The molecule has 0 saturated carbocycles. The second-order valence-electron chi connectivity index (χ2n) is 6.84. The van der Waals surface area contributed by atoms with Crippen LogP contribution in [0.25, 0.3) is 11.0 Å². The molecule has 2 aromatic carbocycles. The van der Waals surface area contributed by atoms with E-state index in [0.29, 0.717) is 28.8 Å². The number of hydrogen-bond donors (Lipinski definition) is 0. The number of para-hydroxylation sites is 2. The van der Waals surface area contributed by atoms with E-state index in [0.717, 1.165) is 11.0 Å². The van der Waals surface area contributed by atoms with Gasteiger partial charge in [0.1, 0.15) is 18.1 Å². The molecule has 1 aliphatic heterocycles. The van der Waals surface area contributed by atoms with Crippen molar-refractivity contribution in [1.29, 1.82) is 0 Å². The topological polar surface area (TPSA) is 73.7 Å². The fraction of sp³-hybridized carbons (Fsp3) is 0.286. The van der Waals surface area contributed by atoms with Gasteiger partial charge in [0.2, 0.25) is 5.91 Å². The number of carbonyl (C=O) groups is 2. The van der Waals surface area contributed by atoms with Gasteiger partial charge in [-0.2, -0.15) is 0 Å². The van der Waals surface area contributed by atoms with Gasteiger partial charge in [0.15, 0.2) is 0 Å². The third kappa shape index (κ3) is 3.53. The van der Waals surface area contributed by atoms with Gasteiger partial charge in [-0.05, 0) is 30.3 Å². The highest BCUT2D eigenvalue weighted by atomic mass is 35.5. The number of nitrogens with zero attached hydrogens (tertiary/aromatic N) is 3. The van der Waals surface area contributed by atoms with E-state index < -0.39 is 0 Å². The second kappa shape index (κ2) is 7.75. The summed E-state index contributed by atoms with van der Waals surface area (Å²) < 4.78 is 12.1. The second-order valence-corrected chi connectivity index (χ2v) is 7.28. The van der Waals surface area contributed by atoms with Gasteiger partial charge in [0.05, 0.1) is 30.9 Å². The number of anilines is 1. The van der Waals surface area contributed by atoms with E-state index in [1.165, 1.54) is 7.11 Å². The summed E-state index contributed by atoms with van der Waals surface area (Å²) in [5.74, 6) is 0.669. The molecule has 2 heterocycles.